The zero-order valence-corrected chi connectivity index (χ0v) is 9.69. The lowest BCUT2D eigenvalue weighted by molar-refractivity contribution is -0.385. The van der Waals surface area contributed by atoms with Crippen LogP contribution in [0.15, 0.2) is 18.2 Å². The number of nitrogens with zero attached hydrogens (tertiary/aromatic N) is 2. The minimum Gasteiger partial charge on any atom is -0.388 e. The van der Waals surface area contributed by atoms with E-state index in [9.17, 15) is 29.5 Å². The third-order valence-electron chi connectivity index (χ3n) is 2.93. The third-order valence-corrected chi connectivity index (χ3v) is 2.93. The van der Waals surface area contributed by atoms with Crippen LogP contribution in [0.4, 0.5) is 10.1 Å². The summed E-state index contributed by atoms with van der Waals surface area (Å²) in [5.41, 5.74) is -0.909. The number of rotatable bonds is 2. The van der Waals surface area contributed by atoms with E-state index in [2.05, 4.69) is 0 Å². The number of hydrogen-bond donors (Lipinski definition) is 2. The summed E-state index contributed by atoms with van der Waals surface area (Å²) in [5.74, 6) is -1.56. The number of likely N-dealkylation sites (tertiary alicyclic amines) is 1. The second kappa shape index (κ2) is 4.90. The quantitative estimate of drug-likeness (QED) is 0.577. The van der Waals surface area contributed by atoms with Gasteiger partial charge in [0.15, 0.2) is 0 Å². The monoisotopic (exact) mass is 270 g/mol. The number of carbonyl (C=O) groups is 1. The van der Waals surface area contributed by atoms with Crippen LogP contribution < -0.4 is 0 Å². The number of nitro benzene ring substituents is 1. The van der Waals surface area contributed by atoms with Gasteiger partial charge in [-0.05, 0) is 12.1 Å². The van der Waals surface area contributed by atoms with Crippen LogP contribution in [0, 0.1) is 15.9 Å². The maximum Gasteiger partial charge on any atom is 0.282 e. The molecule has 102 valence electrons. The molecule has 1 heterocycles. The first-order valence-corrected chi connectivity index (χ1v) is 5.49. The van der Waals surface area contributed by atoms with E-state index < -0.39 is 40.1 Å². The molecule has 0 bridgehead atoms. The minimum absolute atomic E-state index is 0.145. The van der Waals surface area contributed by atoms with Crippen molar-refractivity contribution in [3.8, 4) is 0 Å². The van der Waals surface area contributed by atoms with Crippen molar-refractivity contribution in [1.29, 1.82) is 0 Å². The van der Waals surface area contributed by atoms with Gasteiger partial charge in [0.25, 0.3) is 11.6 Å². The molecule has 1 aliphatic heterocycles. The van der Waals surface area contributed by atoms with E-state index in [1.807, 2.05) is 0 Å². The molecule has 1 aliphatic rings. The molecular formula is C11H11FN2O5. The molecule has 1 aromatic carbocycles. The van der Waals surface area contributed by atoms with Gasteiger partial charge < -0.3 is 15.1 Å². The molecule has 1 saturated heterocycles. The second-order valence-corrected chi connectivity index (χ2v) is 4.26. The zero-order chi connectivity index (χ0) is 14.2. The number of carbonyl (C=O) groups excluding carboxylic acids is 1. The van der Waals surface area contributed by atoms with Gasteiger partial charge in [-0.3, -0.25) is 14.9 Å². The van der Waals surface area contributed by atoms with Crippen molar-refractivity contribution in [1.82, 2.24) is 4.90 Å². The van der Waals surface area contributed by atoms with E-state index in [1.165, 1.54) is 0 Å². The van der Waals surface area contributed by atoms with Crippen LogP contribution in [0.2, 0.25) is 0 Å². The lowest BCUT2D eigenvalue weighted by Gasteiger charge is -2.15. The molecule has 0 aliphatic carbocycles. The molecule has 2 atom stereocenters. The highest BCUT2D eigenvalue weighted by molar-refractivity contribution is 5.98. The SMILES string of the molecule is O=C(c1cc(F)ccc1[N+](=O)[O-])N1C[C@@H](O)[C@@H](O)C1. The molecule has 0 spiro atoms. The average molecular weight is 270 g/mol. The fourth-order valence-electron chi connectivity index (χ4n) is 1.94. The number of aliphatic hydroxyl groups excluding tert-OH is 2. The van der Waals surface area contributed by atoms with Crippen molar-refractivity contribution < 1.29 is 24.3 Å². The summed E-state index contributed by atoms with van der Waals surface area (Å²) in [4.78, 5) is 23.1. The van der Waals surface area contributed by atoms with Crippen LogP contribution in [0.3, 0.4) is 0 Å². The van der Waals surface area contributed by atoms with Crippen LogP contribution in [0.5, 0.6) is 0 Å². The lowest BCUT2D eigenvalue weighted by Crippen LogP contribution is -2.30. The number of β-amino-alcohol motifs (C(OH)–C–C–N with tert-alkyl or cyclic N) is 2. The van der Waals surface area contributed by atoms with Crippen molar-refractivity contribution in [2.75, 3.05) is 13.1 Å². The summed E-state index contributed by atoms with van der Waals surface area (Å²) < 4.78 is 13.1. The Kier molecular flexibility index (Phi) is 3.45. The first-order valence-electron chi connectivity index (χ1n) is 5.49. The molecule has 7 nitrogen and oxygen atoms in total. The number of halogens is 1. The Bertz CT molecular complexity index is 526. The molecule has 8 heteroatoms. The third kappa shape index (κ3) is 2.54. The van der Waals surface area contributed by atoms with Crippen LogP contribution in [-0.2, 0) is 0 Å². The average Bonchev–Trinajstić information content (AvgIpc) is 2.68. The Balaban J connectivity index is 2.33. The van der Waals surface area contributed by atoms with Gasteiger partial charge in [-0.2, -0.15) is 0 Å². The maximum absolute atomic E-state index is 13.1. The summed E-state index contributed by atoms with van der Waals surface area (Å²) in [5, 5.41) is 29.5. The first-order chi connectivity index (χ1) is 8.90. The number of benzene rings is 1. The van der Waals surface area contributed by atoms with Crippen molar-refractivity contribution >= 4 is 11.6 Å². The fourth-order valence-corrected chi connectivity index (χ4v) is 1.94. The van der Waals surface area contributed by atoms with Crippen LogP contribution in [-0.4, -0.2) is 51.2 Å². The van der Waals surface area contributed by atoms with Gasteiger partial charge in [0.05, 0.1) is 17.1 Å². The summed E-state index contributed by atoms with van der Waals surface area (Å²) >= 11 is 0. The van der Waals surface area contributed by atoms with E-state index in [0.29, 0.717) is 0 Å². The molecule has 19 heavy (non-hydrogen) atoms. The smallest absolute Gasteiger partial charge is 0.282 e. The number of aliphatic hydroxyl groups is 2. The fraction of sp³-hybridized carbons (Fsp3) is 0.364. The van der Waals surface area contributed by atoms with Gasteiger partial charge in [0.1, 0.15) is 11.4 Å². The largest absolute Gasteiger partial charge is 0.388 e. The Labute approximate surface area is 107 Å². The normalized spacial score (nSPS) is 22.6. The predicted octanol–water partition coefficient (Wildman–Crippen LogP) is -0.0885. The highest BCUT2D eigenvalue weighted by Crippen LogP contribution is 2.23. The molecule has 2 rings (SSSR count). The molecular weight excluding hydrogens is 259 g/mol. The van der Waals surface area contributed by atoms with E-state index in [4.69, 9.17) is 0 Å². The van der Waals surface area contributed by atoms with Crippen LogP contribution in [0.1, 0.15) is 10.4 Å². The van der Waals surface area contributed by atoms with Gasteiger partial charge in [0, 0.05) is 19.2 Å². The van der Waals surface area contributed by atoms with Crippen LogP contribution in [0.25, 0.3) is 0 Å². The van der Waals surface area contributed by atoms with Crippen molar-refractivity contribution in [3.05, 3.63) is 39.7 Å². The Morgan fingerprint density at radius 1 is 1.37 bits per heavy atom. The van der Waals surface area contributed by atoms with E-state index in [0.717, 1.165) is 23.1 Å². The molecule has 1 fully saturated rings. The van der Waals surface area contributed by atoms with E-state index >= 15 is 0 Å². The van der Waals surface area contributed by atoms with Gasteiger partial charge >= 0.3 is 0 Å². The minimum atomic E-state index is -1.10. The Morgan fingerprint density at radius 2 is 1.95 bits per heavy atom. The molecule has 0 radical (unpaired) electrons. The highest BCUT2D eigenvalue weighted by Gasteiger charge is 2.35. The molecule has 1 amide bonds. The number of hydrogen-bond acceptors (Lipinski definition) is 5. The molecule has 0 saturated carbocycles. The standard InChI is InChI=1S/C11H11FN2O5/c12-6-1-2-8(14(18)19)7(3-6)11(17)13-4-9(15)10(16)5-13/h1-3,9-10,15-16H,4-5H2/t9-,10+. The molecule has 2 N–H and O–H groups in total. The topological polar surface area (TPSA) is 104 Å². The Morgan fingerprint density at radius 3 is 2.47 bits per heavy atom. The van der Waals surface area contributed by atoms with Gasteiger partial charge in [-0.15, -0.1) is 0 Å². The second-order valence-electron chi connectivity index (χ2n) is 4.26. The van der Waals surface area contributed by atoms with Gasteiger partial charge in [0.2, 0.25) is 0 Å². The van der Waals surface area contributed by atoms with Crippen molar-refractivity contribution in [3.63, 3.8) is 0 Å². The Hall–Kier alpha value is -2.06. The molecule has 0 unspecified atom stereocenters. The molecule has 0 aromatic heterocycles. The summed E-state index contributed by atoms with van der Waals surface area (Å²) in [6, 6.07) is 2.58. The maximum atomic E-state index is 13.1. The summed E-state index contributed by atoms with van der Waals surface area (Å²) in [7, 11) is 0. The zero-order valence-electron chi connectivity index (χ0n) is 9.69. The predicted molar refractivity (Wildman–Crippen MR) is 61.0 cm³/mol. The van der Waals surface area contributed by atoms with Crippen molar-refractivity contribution in [2.45, 2.75) is 12.2 Å². The first kappa shape index (κ1) is 13.4. The number of nitro groups is 1. The van der Waals surface area contributed by atoms with Crippen molar-refractivity contribution in [2.24, 2.45) is 0 Å². The molecule has 1 aromatic rings. The lowest BCUT2D eigenvalue weighted by atomic mass is 10.1. The van der Waals surface area contributed by atoms with Gasteiger partial charge in [-0.25, -0.2) is 4.39 Å². The van der Waals surface area contributed by atoms with E-state index in [1.54, 1.807) is 0 Å². The number of amides is 1. The van der Waals surface area contributed by atoms with E-state index in [-0.39, 0.29) is 13.1 Å². The summed E-state index contributed by atoms with van der Waals surface area (Å²) in [6.07, 6.45) is -2.20. The van der Waals surface area contributed by atoms with Crippen LogP contribution >= 0.6 is 0 Å². The highest BCUT2D eigenvalue weighted by atomic mass is 19.1. The summed E-state index contributed by atoms with van der Waals surface area (Å²) in [6.45, 7) is -0.290. The van der Waals surface area contributed by atoms with Gasteiger partial charge in [-0.1, -0.05) is 0 Å².